The van der Waals surface area contributed by atoms with Gasteiger partial charge in [0.1, 0.15) is 6.04 Å². The molecule has 0 fully saturated rings. The van der Waals surface area contributed by atoms with Crippen LogP contribution in [0.3, 0.4) is 0 Å². The minimum atomic E-state index is -0.461. The molecule has 1 N–H and O–H groups in total. The number of rotatable bonds is 4. The van der Waals surface area contributed by atoms with Crippen LogP contribution in [0.25, 0.3) is 10.9 Å². The monoisotopic (exact) mass is 373 g/mol. The Morgan fingerprint density at radius 3 is 2.61 bits per heavy atom. The highest BCUT2D eigenvalue weighted by atomic mass is 16.2. The summed E-state index contributed by atoms with van der Waals surface area (Å²) in [5.41, 5.74) is 4.07. The predicted molar refractivity (Wildman–Crippen MR) is 109 cm³/mol. The third-order valence-corrected chi connectivity index (χ3v) is 5.37. The molecular formula is C23H23N3O2. The molecule has 0 bridgehead atoms. The summed E-state index contributed by atoms with van der Waals surface area (Å²) in [5, 5.41) is 3.79. The number of fused-ring (bicyclic) bond motifs is 2. The molecule has 2 amide bonds. The van der Waals surface area contributed by atoms with Gasteiger partial charge in [0.05, 0.1) is 5.52 Å². The first-order valence-corrected chi connectivity index (χ1v) is 9.58. The van der Waals surface area contributed by atoms with Crippen LogP contribution in [0.15, 0.2) is 60.7 Å². The average Bonchev–Trinajstić information content (AvgIpc) is 2.75. The lowest BCUT2D eigenvalue weighted by molar-refractivity contribution is -0.141. The highest BCUT2D eigenvalue weighted by Gasteiger charge is 2.33. The van der Waals surface area contributed by atoms with Crippen molar-refractivity contribution in [2.24, 2.45) is 0 Å². The van der Waals surface area contributed by atoms with E-state index in [0.717, 1.165) is 27.7 Å². The number of benzene rings is 2. The van der Waals surface area contributed by atoms with Gasteiger partial charge in [0.2, 0.25) is 11.8 Å². The number of nitrogens with zero attached hydrogens (tertiary/aromatic N) is 2. The van der Waals surface area contributed by atoms with Crippen molar-refractivity contribution < 1.29 is 9.59 Å². The maximum absolute atomic E-state index is 13.0. The van der Waals surface area contributed by atoms with Crippen LogP contribution >= 0.6 is 0 Å². The smallest absolute Gasteiger partial charge is 0.242 e. The Kier molecular flexibility index (Phi) is 5.06. The molecule has 1 atom stereocenters. The summed E-state index contributed by atoms with van der Waals surface area (Å²) in [6, 6.07) is 19.5. The number of likely N-dealkylation sites (N-methyl/N-ethyl adjacent to an activating group) is 1. The van der Waals surface area contributed by atoms with Crippen molar-refractivity contribution in [1.29, 1.82) is 0 Å². The molecule has 0 saturated heterocycles. The van der Waals surface area contributed by atoms with E-state index >= 15 is 0 Å². The molecule has 0 aliphatic carbocycles. The van der Waals surface area contributed by atoms with Gasteiger partial charge in [-0.2, -0.15) is 0 Å². The van der Waals surface area contributed by atoms with E-state index in [2.05, 4.69) is 10.3 Å². The minimum absolute atomic E-state index is 0.0157. The Morgan fingerprint density at radius 1 is 1.04 bits per heavy atom. The number of hydrogen-bond donors (Lipinski definition) is 1. The van der Waals surface area contributed by atoms with Crippen molar-refractivity contribution in [3.63, 3.8) is 0 Å². The largest absolute Gasteiger partial charge is 0.357 e. The molecule has 1 aliphatic rings. The number of amides is 2. The van der Waals surface area contributed by atoms with Crippen molar-refractivity contribution in [3.8, 4) is 0 Å². The number of carbonyl (C=O) groups excluding carboxylic acids is 2. The summed E-state index contributed by atoms with van der Waals surface area (Å²) in [7, 11) is 1.62. The van der Waals surface area contributed by atoms with Gasteiger partial charge in [-0.1, -0.05) is 48.5 Å². The topological polar surface area (TPSA) is 62.3 Å². The number of hydrogen-bond acceptors (Lipinski definition) is 3. The second kappa shape index (κ2) is 7.80. The van der Waals surface area contributed by atoms with Crippen molar-refractivity contribution in [2.45, 2.75) is 31.8 Å². The van der Waals surface area contributed by atoms with E-state index in [9.17, 15) is 9.59 Å². The molecule has 28 heavy (non-hydrogen) atoms. The molecule has 3 aromatic rings. The summed E-state index contributed by atoms with van der Waals surface area (Å²) in [5.74, 6) is -0.134. The third-order valence-electron chi connectivity index (χ3n) is 5.37. The minimum Gasteiger partial charge on any atom is -0.357 e. The first-order chi connectivity index (χ1) is 13.7. The lowest BCUT2D eigenvalue weighted by atomic mass is 9.93. The maximum atomic E-state index is 13.0. The van der Waals surface area contributed by atoms with Crippen LogP contribution < -0.4 is 5.32 Å². The van der Waals surface area contributed by atoms with Crippen molar-refractivity contribution >= 4 is 22.7 Å². The third kappa shape index (κ3) is 3.60. The zero-order valence-electron chi connectivity index (χ0n) is 15.9. The number of pyridine rings is 1. The highest BCUT2D eigenvalue weighted by Crippen LogP contribution is 2.24. The molecule has 1 aliphatic heterocycles. The molecule has 5 nitrogen and oxygen atoms in total. The summed E-state index contributed by atoms with van der Waals surface area (Å²) in [6.07, 6.45) is 1.44. The van der Waals surface area contributed by atoms with E-state index in [1.54, 1.807) is 11.9 Å². The maximum Gasteiger partial charge on any atom is 0.242 e. The summed E-state index contributed by atoms with van der Waals surface area (Å²) in [4.78, 5) is 31.7. The number of carbonyl (C=O) groups is 2. The quantitative estimate of drug-likeness (QED) is 0.765. The summed E-state index contributed by atoms with van der Waals surface area (Å²) >= 11 is 0. The van der Waals surface area contributed by atoms with Crippen LogP contribution in [0, 0.1) is 0 Å². The van der Waals surface area contributed by atoms with Gasteiger partial charge in [0, 0.05) is 37.5 Å². The van der Waals surface area contributed by atoms with Gasteiger partial charge in [-0.05, 0) is 29.7 Å². The lowest BCUT2D eigenvalue weighted by Crippen LogP contribution is -2.52. The van der Waals surface area contributed by atoms with E-state index in [0.29, 0.717) is 25.8 Å². The van der Waals surface area contributed by atoms with Crippen molar-refractivity contribution in [2.75, 3.05) is 7.05 Å². The summed E-state index contributed by atoms with van der Waals surface area (Å²) < 4.78 is 0. The second-order valence-corrected chi connectivity index (χ2v) is 7.12. The molecule has 142 valence electrons. The highest BCUT2D eigenvalue weighted by molar-refractivity contribution is 5.88. The molecule has 2 aromatic carbocycles. The molecule has 0 saturated carbocycles. The predicted octanol–water partition coefficient (Wildman–Crippen LogP) is 2.87. The SMILES string of the molecule is CNC(=O)[C@@H]1Cc2ccccc2CN1C(=O)CCc1ccc2ccccc2n1. The van der Waals surface area contributed by atoms with Crippen LogP contribution in [-0.4, -0.2) is 34.8 Å². The standard InChI is InChI=1S/C23H23N3O2/c1-24-23(28)21-14-17-7-2-3-8-18(17)15-26(21)22(27)13-12-19-11-10-16-6-4-5-9-20(16)25-19/h2-11,21H,12-15H2,1H3,(H,24,28)/t21-/m0/s1. The molecule has 2 heterocycles. The Hall–Kier alpha value is -3.21. The molecule has 4 rings (SSSR count). The van der Waals surface area contributed by atoms with E-state index < -0.39 is 6.04 Å². The number of nitrogens with one attached hydrogen (secondary N) is 1. The Labute approximate surface area is 164 Å². The Balaban J connectivity index is 1.50. The molecule has 0 spiro atoms. The molecule has 1 aromatic heterocycles. The lowest BCUT2D eigenvalue weighted by Gasteiger charge is -2.36. The molecular weight excluding hydrogens is 350 g/mol. The van der Waals surface area contributed by atoms with Crippen LogP contribution in [0.4, 0.5) is 0 Å². The zero-order chi connectivity index (χ0) is 19.5. The van der Waals surface area contributed by atoms with E-state index in [-0.39, 0.29) is 11.8 Å². The molecule has 5 heteroatoms. The fraction of sp³-hybridized carbons (Fsp3) is 0.261. The van der Waals surface area contributed by atoms with E-state index in [4.69, 9.17) is 0 Å². The van der Waals surface area contributed by atoms with Crippen LogP contribution in [0.1, 0.15) is 23.2 Å². The van der Waals surface area contributed by atoms with Gasteiger partial charge in [0.15, 0.2) is 0 Å². The number of para-hydroxylation sites is 1. The van der Waals surface area contributed by atoms with Crippen molar-refractivity contribution in [3.05, 3.63) is 77.5 Å². The van der Waals surface area contributed by atoms with Gasteiger partial charge in [-0.15, -0.1) is 0 Å². The van der Waals surface area contributed by atoms with E-state index in [1.165, 1.54) is 0 Å². The van der Waals surface area contributed by atoms with Gasteiger partial charge in [-0.3, -0.25) is 14.6 Å². The fourth-order valence-electron chi connectivity index (χ4n) is 3.81. The van der Waals surface area contributed by atoms with E-state index in [1.807, 2.05) is 60.7 Å². The van der Waals surface area contributed by atoms with Crippen LogP contribution in [0.5, 0.6) is 0 Å². The van der Waals surface area contributed by atoms with Gasteiger partial charge in [-0.25, -0.2) is 0 Å². The average molecular weight is 373 g/mol. The molecule has 0 radical (unpaired) electrons. The Bertz CT molecular complexity index is 1030. The number of aryl methyl sites for hydroxylation is 1. The Morgan fingerprint density at radius 2 is 1.79 bits per heavy atom. The van der Waals surface area contributed by atoms with Gasteiger partial charge < -0.3 is 10.2 Å². The second-order valence-electron chi connectivity index (χ2n) is 7.12. The normalized spacial score (nSPS) is 15.9. The zero-order valence-corrected chi connectivity index (χ0v) is 15.9. The van der Waals surface area contributed by atoms with Crippen LogP contribution in [0.2, 0.25) is 0 Å². The van der Waals surface area contributed by atoms with Crippen molar-refractivity contribution in [1.82, 2.24) is 15.2 Å². The van der Waals surface area contributed by atoms with Gasteiger partial charge >= 0.3 is 0 Å². The van der Waals surface area contributed by atoms with Gasteiger partial charge in [0.25, 0.3) is 0 Å². The fourth-order valence-corrected chi connectivity index (χ4v) is 3.81. The van der Waals surface area contributed by atoms with Crippen LogP contribution in [-0.2, 0) is 29.0 Å². The number of aromatic nitrogens is 1. The summed E-state index contributed by atoms with van der Waals surface area (Å²) in [6.45, 7) is 0.470. The first-order valence-electron chi connectivity index (χ1n) is 9.58. The molecule has 0 unspecified atom stereocenters. The first kappa shape index (κ1) is 18.2.